The average molecular weight is 490 g/mol. The third-order valence-electron chi connectivity index (χ3n) is 3.41. The van der Waals surface area contributed by atoms with Crippen LogP contribution in [0, 0.1) is 16.3 Å². The molecule has 0 aliphatic carbocycles. The summed E-state index contributed by atoms with van der Waals surface area (Å²) in [7, 11) is 0. The van der Waals surface area contributed by atoms with Crippen LogP contribution in [0.1, 0.15) is 18.3 Å². The van der Waals surface area contributed by atoms with Gasteiger partial charge in [0.05, 0.1) is 12.7 Å². The first kappa shape index (κ1) is 16.6. The van der Waals surface area contributed by atoms with Crippen molar-refractivity contribution in [2.75, 3.05) is 0 Å². The van der Waals surface area contributed by atoms with Gasteiger partial charge in [0, 0.05) is 21.2 Å². The molecular formula is C15H14BrFIN5. The fraction of sp³-hybridized carbons (Fsp3) is 0.267. The molecule has 0 spiro atoms. The van der Waals surface area contributed by atoms with Crippen molar-refractivity contribution in [2.45, 2.75) is 26.9 Å². The van der Waals surface area contributed by atoms with Gasteiger partial charge >= 0.3 is 0 Å². The van der Waals surface area contributed by atoms with E-state index in [0.717, 1.165) is 31.7 Å². The first-order chi connectivity index (χ1) is 11.0. The molecule has 8 heteroatoms. The molecule has 3 aromatic rings. The zero-order valence-corrected chi connectivity index (χ0v) is 16.3. The predicted molar refractivity (Wildman–Crippen MR) is 97.6 cm³/mol. The normalized spacial score (nSPS) is 11.2. The largest absolute Gasteiger partial charge is 0.258 e. The highest BCUT2D eigenvalue weighted by molar-refractivity contribution is 14.1. The van der Waals surface area contributed by atoms with Gasteiger partial charge in [0.2, 0.25) is 0 Å². The molecular weight excluding hydrogens is 476 g/mol. The van der Waals surface area contributed by atoms with Crippen LogP contribution in [0.2, 0.25) is 0 Å². The van der Waals surface area contributed by atoms with Gasteiger partial charge in [-0.1, -0.05) is 0 Å². The first-order valence-electron chi connectivity index (χ1n) is 7.06. The van der Waals surface area contributed by atoms with Crippen molar-refractivity contribution in [2.24, 2.45) is 0 Å². The van der Waals surface area contributed by atoms with Crippen molar-refractivity contribution < 1.29 is 4.39 Å². The highest BCUT2D eigenvalue weighted by Crippen LogP contribution is 2.26. The van der Waals surface area contributed by atoms with E-state index in [1.807, 2.05) is 29.4 Å². The molecule has 120 valence electrons. The van der Waals surface area contributed by atoms with Gasteiger partial charge in [-0.15, -0.1) is 0 Å². The number of rotatable bonds is 4. The summed E-state index contributed by atoms with van der Waals surface area (Å²) in [4.78, 5) is 4.51. The second kappa shape index (κ2) is 6.68. The van der Waals surface area contributed by atoms with Gasteiger partial charge < -0.3 is 0 Å². The van der Waals surface area contributed by atoms with Gasteiger partial charge in [-0.25, -0.2) is 14.1 Å². The Labute approximate surface area is 155 Å². The SMILES string of the molecule is CCn1ncc(Cn2nc(C)nc2-c2ccc(F)cc2I)c1Br. The van der Waals surface area contributed by atoms with Crippen LogP contribution in [0.5, 0.6) is 0 Å². The van der Waals surface area contributed by atoms with Crippen LogP contribution >= 0.6 is 38.5 Å². The summed E-state index contributed by atoms with van der Waals surface area (Å²) < 4.78 is 18.8. The molecule has 0 atom stereocenters. The molecule has 3 rings (SSSR count). The third kappa shape index (κ3) is 3.32. The number of hydrogen-bond donors (Lipinski definition) is 0. The van der Waals surface area contributed by atoms with Gasteiger partial charge in [-0.05, 0) is 70.6 Å². The molecule has 0 saturated carbocycles. The van der Waals surface area contributed by atoms with Crippen molar-refractivity contribution in [1.82, 2.24) is 24.5 Å². The fourth-order valence-corrected chi connectivity index (χ4v) is 3.62. The molecule has 0 saturated heterocycles. The molecule has 2 aromatic heterocycles. The van der Waals surface area contributed by atoms with Gasteiger partial charge in [0.15, 0.2) is 5.82 Å². The van der Waals surface area contributed by atoms with Crippen LogP contribution in [0.15, 0.2) is 29.0 Å². The Morgan fingerprint density at radius 3 is 2.74 bits per heavy atom. The Morgan fingerprint density at radius 2 is 2.09 bits per heavy atom. The summed E-state index contributed by atoms with van der Waals surface area (Å²) in [6.45, 7) is 5.22. The zero-order valence-electron chi connectivity index (χ0n) is 12.6. The minimum Gasteiger partial charge on any atom is -0.258 e. The minimum absolute atomic E-state index is 0.257. The summed E-state index contributed by atoms with van der Waals surface area (Å²) >= 11 is 5.68. The van der Waals surface area contributed by atoms with E-state index in [4.69, 9.17) is 0 Å². The fourth-order valence-electron chi connectivity index (χ4n) is 2.33. The Kier molecular flexibility index (Phi) is 4.81. The Bertz CT molecular complexity index is 858. The topological polar surface area (TPSA) is 48.5 Å². The highest BCUT2D eigenvalue weighted by Gasteiger charge is 2.16. The lowest BCUT2D eigenvalue weighted by Crippen LogP contribution is -2.05. The second-order valence-electron chi connectivity index (χ2n) is 5.04. The Morgan fingerprint density at radius 1 is 1.30 bits per heavy atom. The van der Waals surface area contributed by atoms with Gasteiger partial charge in [-0.2, -0.15) is 10.2 Å². The molecule has 23 heavy (non-hydrogen) atoms. The summed E-state index contributed by atoms with van der Waals surface area (Å²) in [5.74, 6) is 1.15. The van der Waals surface area contributed by atoms with Crippen LogP contribution in [0.25, 0.3) is 11.4 Å². The van der Waals surface area contributed by atoms with E-state index >= 15 is 0 Å². The molecule has 0 bridgehead atoms. The van der Waals surface area contributed by atoms with Crippen LogP contribution in [0.4, 0.5) is 4.39 Å². The Hall–Kier alpha value is -1.29. The lowest BCUT2D eigenvalue weighted by atomic mass is 10.2. The monoisotopic (exact) mass is 489 g/mol. The lowest BCUT2D eigenvalue weighted by Gasteiger charge is -2.07. The molecule has 0 aliphatic heterocycles. The quantitative estimate of drug-likeness (QED) is 0.520. The maximum absolute atomic E-state index is 13.3. The molecule has 0 radical (unpaired) electrons. The van der Waals surface area contributed by atoms with Crippen molar-refractivity contribution in [3.8, 4) is 11.4 Å². The number of nitrogens with zero attached hydrogens (tertiary/aromatic N) is 5. The standard InChI is InChI=1S/C15H14BrFIN5/c1-3-22-14(16)10(7-19-22)8-23-15(20-9(2)21-23)12-5-4-11(17)6-13(12)18/h4-7H,3,8H2,1-2H3. The number of aryl methyl sites for hydroxylation is 2. The summed E-state index contributed by atoms with van der Waals surface area (Å²) in [6, 6.07) is 4.67. The van der Waals surface area contributed by atoms with Gasteiger partial charge in [-0.3, -0.25) is 4.68 Å². The van der Waals surface area contributed by atoms with E-state index in [0.29, 0.717) is 12.4 Å². The van der Waals surface area contributed by atoms with Crippen molar-refractivity contribution in [3.63, 3.8) is 0 Å². The molecule has 1 aromatic carbocycles. The summed E-state index contributed by atoms with van der Waals surface area (Å²) in [5, 5.41) is 8.80. The Balaban J connectivity index is 2.02. The lowest BCUT2D eigenvalue weighted by molar-refractivity contribution is 0.626. The molecule has 0 N–H and O–H groups in total. The molecule has 2 heterocycles. The maximum atomic E-state index is 13.3. The zero-order chi connectivity index (χ0) is 16.6. The van der Waals surface area contributed by atoms with Crippen LogP contribution in [-0.4, -0.2) is 24.5 Å². The minimum atomic E-state index is -0.257. The van der Waals surface area contributed by atoms with Crippen molar-refractivity contribution in [1.29, 1.82) is 0 Å². The van der Waals surface area contributed by atoms with Gasteiger partial charge in [0.1, 0.15) is 16.2 Å². The number of aromatic nitrogens is 5. The maximum Gasteiger partial charge on any atom is 0.159 e. The van der Waals surface area contributed by atoms with Crippen molar-refractivity contribution in [3.05, 3.63) is 49.8 Å². The van der Waals surface area contributed by atoms with Crippen LogP contribution in [-0.2, 0) is 13.1 Å². The molecule has 0 fully saturated rings. The van der Waals surface area contributed by atoms with E-state index in [1.165, 1.54) is 12.1 Å². The van der Waals surface area contributed by atoms with E-state index in [9.17, 15) is 4.39 Å². The number of halogens is 3. The van der Waals surface area contributed by atoms with Crippen LogP contribution < -0.4 is 0 Å². The van der Waals surface area contributed by atoms with Gasteiger partial charge in [0.25, 0.3) is 0 Å². The smallest absolute Gasteiger partial charge is 0.159 e. The molecule has 0 amide bonds. The summed E-state index contributed by atoms with van der Waals surface area (Å²) in [6.07, 6.45) is 1.82. The average Bonchev–Trinajstić information content (AvgIpc) is 3.03. The second-order valence-corrected chi connectivity index (χ2v) is 6.95. The summed E-state index contributed by atoms with van der Waals surface area (Å²) in [5.41, 5.74) is 1.89. The van der Waals surface area contributed by atoms with E-state index < -0.39 is 0 Å². The first-order valence-corrected chi connectivity index (χ1v) is 8.93. The third-order valence-corrected chi connectivity index (χ3v) is 5.23. The number of benzene rings is 1. The van der Waals surface area contributed by atoms with E-state index in [-0.39, 0.29) is 5.82 Å². The van der Waals surface area contributed by atoms with E-state index in [2.05, 4.69) is 53.7 Å². The van der Waals surface area contributed by atoms with Crippen molar-refractivity contribution >= 4 is 38.5 Å². The van der Waals surface area contributed by atoms with E-state index in [1.54, 1.807) is 6.07 Å². The highest BCUT2D eigenvalue weighted by atomic mass is 127. The number of hydrogen-bond acceptors (Lipinski definition) is 3. The molecule has 5 nitrogen and oxygen atoms in total. The predicted octanol–water partition coefficient (Wildman–Crippen LogP) is 4.02. The molecule has 0 unspecified atom stereocenters. The molecule has 0 aliphatic rings. The van der Waals surface area contributed by atoms with Crippen LogP contribution in [0.3, 0.4) is 0 Å².